The van der Waals surface area contributed by atoms with Gasteiger partial charge in [0.05, 0.1) is 0 Å². The summed E-state index contributed by atoms with van der Waals surface area (Å²) in [6.45, 7) is -0.0260. The molecule has 0 saturated carbocycles. The summed E-state index contributed by atoms with van der Waals surface area (Å²) in [4.78, 5) is 23.8. The Labute approximate surface area is 149 Å². The van der Waals surface area contributed by atoms with Gasteiger partial charge in [-0.2, -0.15) is 0 Å². The van der Waals surface area contributed by atoms with Gasteiger partial charge in [0.1, 0.15) is 23.6 Å². The first kappa shape index (κ1) is 17.7. The standard InChI is InChI=1S/C19H18FNO5/c20-15-5-1-13(2-6-15)14-3-7-16(8-4-14)26-12-19(17(22)23)9-10-21(11-19)18(24)25/h1-8H,9-12H2,(H,22,23)(H,24,25). The average Bonchev–Trinajstić information content (AvgIpc) is 3.08. The largest absolute Gasteiger partial charge is 0.492 e. The molecule has 136 valence electrons. The second kappa shape index (κ2) is 7.03. The van der Waals surface area contributed by atoms with Crippen LogP contribution in [0.4, 0.5) is 9.18 Å². The third-order valence-electron chi connectivity index (χ3n) is 4.62. The average molecular weight is 359 g/mol. The molecule has 3 rings (SSSR count). The maximum Gasteiger partial charge on any atom is 0.407 e. The van der Waals surface area contributed by atoms with Crippen LogP contribution in [0.25, 0.3) is 11.1 Å². The molecule has 1 fully saturated rings. The Balaban J connectivity index is 1.68. The lowest BCUT2D eigenvalue weighted by atomic mass is 9.88. The fourth-order valence-electron chi connectivity index (χ4n) is 3.00. The molecule has 1 amide bonds. The molecule has 1 unspecified atom stereocenters. The molecule has 0 bridgehead atoms. The summed E-state index contributed by atoms with van der Waals surface area (Å²) in [5.74, 6) is -0.880. The maximum atomic E-state index is 13.0. The Hall–Kier alpha value is -3.09. The summed E-state index contributed by atoms with van der Waals surface area (Å²) in [7, 11) is 0. The molecule has 0 spiro atoms. The maximum absolute atomic E-state index is 13.0. The van der Waals surface area contributed by atoms with Crippen molar-refractivity contribution in [1.82, 2.24) is 4.90 Å². The molecule has 1 aliphatic heterocycles. The molecule has 0 aliphatic carbocycles. The van der Waals surface area contributed by atoms with Gasteiger partial charge in [-0.15, -0.1) is 0 Å². The molecule has 2 aromatic rings. The number of hydrogen-bond acceptors (Lipinski definition) is 3. The van der Waals surface area contributed by atoms with Crippen LogP contribution in [0.15, 0.2) is 48.5 Å². The molecule has 1 saturated heterocycles. The lowest BCUT2D eigenvalue weighted by molar-refractivity contribution is -0.149. The van der Waals surface area contributed by atoms with Gasteiger partial charge in [0.2, 0.25) is 0 Å². The molecule has 26 heavy (non-hydrogen) atoms. The first-order valence-electron chi connectivity index (χ1n) is 8.10. The molecule has 1 aliphatic rings. The lowest BCUT2D eigenvalue weighted by Crippen LogP contribution is -2.41. The summed E-state index contributed by atoms with van der Waals surface area (Å²) < 4.78 is 18.6. The molecule has 2 aromatic carbocycles. The SMILES string of the molecule is O=C(O)N1CCC(COc2ccc(-c3ccc(F)cc3)cc2)(C(=O)O)C1. The van der Waals surface area contributed by atoms with E-state index >= 15 is 0 Å². The molecule has 0 aromatic heterocycles. The smallest absolute Gasteiger partial charge is 0.407 e. The fraction of sp³-hybridized carbons (Fsp3) is 0.263. The predicted octanol–water partition coefficient (Wildman–Crippen LogP) is 3.33. The van der Waals surface area contributed by atoms with Gasteiger partial charge >= 0.3 is 12.1 Å². The van der Waals surface area contributed by atoms with Gasteiger partial charge < -0.3 is 19.8 Å². The number of ether oxygens (including phenoxy) is 1. The van der Waals surface area contributed by atoms with Crippen molar-refractivity contribution in [2.45, 2.75) is 6.42 Å². The Bertz CT molecular complexity index is 806. The van der Waals surface area contributed by atoms with Gasteiger partial charge in [0.15, 0.2) is 0 Å². The second-order valence-corrected chi connectivity index (χ2v) is 6.36. The summed E-state index contributed by atoms with van der Waals surface area (Å²) in [5.41, 5.74) is 0.490. The zero-order valence-electron chi connectivity index (χ0n) is 13.9. The van der Waals surface area contributed by atoms with Crippen molar-refractivity contribution in [1.29, 1.82) is 0 Å². The number of aliphatic carboxylic acids is 1. The van der Waals surface area contributed by atoms with Crippen molar-refractivity contribution in [3.05, 3.63) is 54.3 Å². The molecule has 1 atom stereocenters. The van der Waals surface area contributed by atoms with E-state index in [1.165, 1.54) is 12.1 Å². The van der Waals surface area contributed by atoms with Gasteiger partial charge in [-0.1, -0.05) is 24.3 Å². The van der Waals surface area contributed by atoms with Gasteiger partial charge in [0.25, 0.3) is 0 Å². The van der Waals surface area contributed by atoms with E-state index in [0.717, 1.165) is 16.0 Å². The first-order valence-corrected chi connectivity index (χ1v) is 8.10. The van der Waals surface area contributed by atoms with E-state index in [1.54, 1.807) is 36.4 Å². The van der Waals surface area contributed by atoms with E-state index < -0.39 is 17.5 Å². The van der Waals surface area contributed by atoms with Crippen molar-refractivity contribution >= 4 is 12.1 Å². The highest BCUT2D eigenvalue weighted by atomic mass is 19.1. The number of rotatable bonds is 5. The van der Waals surface area contributed by atoms with Crippen molar-refractivity contribution < 1.29 is 28.9 Å². The minimum Gasteiger partial charge on any atom is -0.492 e. The minimum absolute atomic E-state index is 0.0919. The highest BCUT2D eigenvalue weighted by molar-refractivity contribution is 5.77. The number of amides is 1. The molecule has 1 heterocycles. The third kappa shape index (κ3) is 3.61. The van der Waals surface area contributed by atoms with Crippen LogP contribution in [-0.4, -0.2) is 46.9 Å². The highest BCUT2D eigenvalue weighted by Crippen LogP contribution is 2.32. The summed E-state index contributed by atoms with van der Waals surface area (Å²) in [6.07, 6.45) is -0.917. The first-order chi connectivity index (χ1) is 12.4. The molecule has 7 heteroatoms. The normalized spacial score (nSPS) is 19.3. The fourth-order valence-corrected chi connectivity index (χ4v) is 3.00. The van der Waals surface area contributed by atoms with Gasteiger partial charge in [0, 0.05) is 13.1 Å². The lowest BCUT2D eigenvalue weighted by Gasteiger charge is -2.24. The molecule has 0 radical (unpaired) electrons. The summed E-state index contributed by atoms with van der Waals surface area (Å²) >= 11 is 0. The molecule has 6 nitrogen and oxygen atoms in total. The molecule has 2 N–H and O–H groups in total. The summed E-state index contributed by atoms with van der Waals surface area (Å²) in [6, 6.07) is 13.1. The van der Waals surface area contributed by atoms with Crippen LogP contribution in [0.3, 0.4) is 0 Å². The van der Waals surface area contributed by atoms with E-state index in [0.29, 0.717) is 5.75 Å². The third-order valence-corrected chi connectivity index (χ3v) is 4.62. The quantitative estimate of drug-likeness (QED) is 0.855. The number of nitrogens with zero attached hydrogens (tertiary/aromatic N) is 1. The zero-order valence-corrected chi connectivity index (χ0v) is 13.9. The van der Waals surface area contributed by atoms with Crippen molar-refractivity contribution in [2.75, 3.05) is 19.7 Å². The highest BCUT2D eigenvalue weighted by Gasteiger charge is 2.47. The monoisotopic (exact) mass is 359 g/mol. The number of benzene rings is 2. The van der Waals surface area contributed by atoms with Crippen LogP contribution in [0.1, 0.15) is 6.42 Å². The van der Waals surface area contributed by atoms with Crippen LogP contribution in [0.2, 0.25) is 0 Å². The van der Waals surface area contributed by atoms with Gasteiger partial charge in [-0.05, 0) is 41.8 Å². The van der Waals surface area contributed by atoms with E-state index in [1.807, 2.05) is 0 Å². The number of halogens is 1. The van der Waals surface area contributed by atoms with Crippen molar-refractivity contribution in [3.8, 4) is 16.9 Å². The Morgan fingerprint density at radius 3 is 2.12 bits per heavy atom. The second-order valence-electron chi connectivity index (χ2n) is 6.36. The van der Waals surface area contributed by atoms with Crippen LogP contribution in [0.5, 0.6) is 5.75 Å². The minimum atomic E-state index is -1.24. The number of carboxylic acid groups (broad SMARTS) is 2. The van der Waals surface area contributed by atoms with Gasteiger partial charge in [-0.3, -0.25) is 4.79 Å². The Morgan fingerprint density at radius 2 is 1.62 bits per heavy atom. The van der Waals surface area contributed by atoms with Crippen LogP contribution >= 0.6 is 0 Å². The van der Waals surface area contributed by atoms with Crippen molar-refractivity contribution in [2.24, 2.45) is 5.41 Å². The van der Waals surface area contributed by atoms with E-state index in [9.17, 15) is 19.1 Å². The Morgan fingerprint density at radius 1 is 1.04 bits per heavy atom. The zero-order chi connectivity index (χ0) is 18.7. The number of carboxylic acids is 1. The topological polar surface area (TPSA) is 87.1 Å². The van der Waals surface area contributed by atoms with Crippen LogP contribution in [-0.2, 0) is 4.79 Å². The molecular weight excluding hydrogens is 341 g/mol. The number of likely N-dealkylation sites (tertiary alicyclic amines) is 1. The predicted molar refractivity (Wildman–Crippen MR) is 91.6 cm³/mol. The Kier molecular flexibility index (Phi) is 4.79. The molecular formula is C19H18FNO5. The van der Waals surface area contributed by atoms with E-state index in [4.69, 9.17) is 9.84 Å². The van der Waals surface area contributed by atoms with Crippen LogP contribution in [0, 0.1) is 11.2 Å². The van der Waals surface area contributed by atoms with Crippen LogP contribution < -0.4 is 4.74 Å². The van der Waals surface area contributed by atoms with E-state index in [2.05, 4.69) is 0 Å². The van der Waals surface area contributed by atoms with Gasteiger partial charge in [-0.25, -0.2) is 9.18 Å². The number of hydrogen-bond donors (Lipinski definition) is 2. The summed E-state index contributed by atoms with van der Waals surface area (Å²) in [5, 5.41) is 18.6. The number of carbonyl (C=O) groups is 2. The van der Waals surface area contributed by atoms with E-state index in [-0.39, 0.29) is 31.9 Å². The van der Waals surface area contributed by atoms with Crippen molar-refractivity contribution in [3.63, 3.8) is 0 Å².